The Balaban J connectivity index is 2.29. The van der Waals surface area contributed by atoms with E-state index in [0.717, 1.165) is 18.7 Å². The van der Waals surface area contributed by atoms with Gasteiger partial charge in [-0.3, -0.25) is 0 Å². The summed E-state index contributed by atoms with van der Waals surface area (Å²) in [6, 6.07) is 3.35. The van der Waals surface area contributed by atoms with Crippen molar-refractivity contribution in [3.8, 4) is 0 Å². The van der Waals surface area contributed by atoms with Crippen molar-refractivity contribution in [2.45, 2.75) is 20.3 Å². The molecule has 1 rings (SSSR count). The maximum absolute atomic E-state index is 6.04. The minimum absolute atomic E-state index is 0.459. The van der Waals surface area contributed by atoms with E-state index in [1.165, 1.54) is 0 Å². The van der Waals surface area contributed by atoms with Crippen LogP contribution >= 0.6 is 34.8 Å². The predicted octanol–water partition coefficient (Wildman–Crippen LogP) is 5.12. The molecule has 0 bridgehead atoms. The number of hydrogen-bond acceptors (Lipinski definition) is 2. The average molecular weight is 311 g/mol. The van der Waals surface area contributed by atoms with Gasteiger partial charge in [0.1, 0.15) is 0 Å². The molecule has 5 heteroatoms. The highest BCUT2D eigenvalue weighted by Crippen LogP contribution is 2.31. The van der Waals surface area contributed by atoms with E-state index in [0.29, 0.717) is 34.1 Å². The molecular weight excluding hydrogens is 293 g/mol. The summed E-state index contributed by atoms with van der Waals surface area (Å²) >= 11 is 17.8. The summed E-state index contributed by atoms with van der Waals surface area (Å²) in [6.07, 6.45) is 1.08. The van der Waals surface area contributed by atoms with Crippen LogP contribution in [-0.2, 0) is 4.74 Å². The molecule has 2 nitrogen and oxygen atoms in total. The third kappa shape index (κ3) is 5.66. The monoisotopic (exact) mass is 309 g/mol. The molecule has 1 aromatic rings. The Kier molecular flexibility index (Phi) is 7.16. The van der Waals surface area contributed by atoms with Crippen LogP contribution in [0.15, 0.2) is 12.1 Å². The fraction of sp³-hybridized carbons (Fsp3) is 0.538. The van der Waals surface area contributed by atoms with E-state index >= 15 is 0 Å². The third-order valence-corrected chi connectivity index (χ3v) is 3.45. The largest absolute Gasteiger partial charge is 0.381 e. The van der Waals surface area contributed by atoms with Crippen molar-refractivity contribution in [3.05, 3.63) is 27.2 Å². The predicted molar refractivity (Wildman–Crippen MR) is 80.2 cm³/mol. The molecule has 0 heterocycles. The number of benzene rings is 1. The van der Waals surface area contributed by atoms with Crippen LogP contribution in [0, 0.1) is 5.92 Å². The van der Waals surface area contributed by atoms with Gasteiger partial charge in [-0.15, -0.1) is 0 Å². The van der Waals surface area contributed by atoms with Crippen molar-refractivity contribution in [3.63, 3.8) is 0 Å². The van der Waals surface area contributed by atoms with Gasteiger partial charge < -0.3 is 10.1 Å². The number of hydrogen-bond donors (Lipinski definition) is 1. The fourth-order valence-electron chi connectivity index (χ4n) is 1.34. The SMILES string of the molecule is CC(C)CCOCCNc1cc(Cl)c(Cl)cc1Cl. The van der Waals surface area contributed by atoms with Crippen LogP contribution in [0.3, 0.4) is 0 Å². The summed E-state index contributed by atoms with van der Waals surface area (Å²) in [5.41, 5.74) is 0.776. The summed E-state index contributed by atoms with van der Waals surface area (Å²) in [4.78, 5) is 0. The van der Waals surface area contributed by atoms with Crippen LogP contribution in [0.25, 0.3) is 0 Å². The van der Waals surface area contributed by atoms with Crippen LogP contribution in [0.4, 0.5) is 5.69 Å². The molecule has 0 fully saturated rings. The third-order valence-electron chi connectivity index (χ3n) is 2.41. The molecular formula is C13H18Cl3NO. The molecule has 102 valence electrons. The first kappa shape index (κ1) is 15.9. The quantitative estimate of drug-likeness (QED) is 0.557. The standard InChI is InChI=1S/C13H18Cl3NO/c1-9(2)3-5-18-6-4-17-13-8-11(15)10(14)7-12(13)16/h7-9,17H,3-6H2,1-2H3. The Morgan fingerprint density at radius 2 is 1.72 bits per heavy atom. The molecule has 0 saturated heterocycles. The molecule has 0 aliphatic rings. The van der Waals surface area contributed by atoms with Crippen molar-refractivity contribution in [1.29, 1.82) is 0 Å². The fourth-order valence-corrected chi connectivity index (χ4v) is 1.95. The second-order valence-corrected chi connectivity index (χ2v) is 5.69. The number of anilines is 1. The van der Waals surface area contributed by atoms with Crippen molar-refractivity contribution in [2.24, 2.45) is 5.92 Å². The zero-order chi connectivity index (χ0) is 13.5. The summed E-state index contributed by atoms with van der Waals surface area (Å²) in [5.74, 6) is 0.669. The topological polar surface area (TPSA) is 21.3 Å². The summed E-state index contributed by atoms with van der Waals surface area (Å²) in [7, 11) is 0. The van der Waals surface area contributed by atoms with Gasteiger partial charge in [-0.25, -0.2) is 0 Å². The summed E-state index contributed by atoms with van der Waals surface area (Å²) < 4.78 is 5.50. The van der Waals surface area contributed by atoms with Crippen LogP contribution in [0.1, 0.15) is 20.3 Å². The van der Waals surface area contributed by atoms with E-state index < -0.39 is 0 Å². The second-order valence-electron chi connectivity index (χ2n) is 4.47. The van der Waals surface area contributed by atoms with E-state index in [9.17, 15) is 0 Å². The lowest BCUT2D eigenvalue weighted by Gasteiger charge is -2.10. The van der Waals surface area contributed by atoms with Crippen molar-refractivity contribution in [2.75, 3.05) is 25.1 Å². The lowest BCUT2D eigenvalue weighted by atomic mass is 10.1. The molecule has 0 aromatic heterocycles. The average Bonchev–Trinajstić information content (AvgIpc) is 2.29. The van der Waals surface area contributed by atoms with Crippen LogP contribution in [0.2, 0.25) is 15.1 Å². The zero-order valence-electron chi connectivity index (χ0n) is 10.6. The number of ether oxygens (including phenoxy) is 1. The summed E-state index contributed by atoms with van der Waals surface area (Å²) in [5, 5.41) is 4.68. The number of nitrogens with one attached hydrogen (secondary N) is 1. The Morgan fingerprint density at radius 3 is 2.39 bits per heavy atom. The molecule has 0 radical (unpaired) electrons. The van der Waals surface area contributed by atoms with Gasteiger partial charge in [-0.2, -0.15) is 0 Å². The molecule has 0 saturated carbocycles. The second kappa shape index (κ2) is 8.11. The van der Waals surface area contributed by atoms with E-state index in [2.05, 4.69) is 19.2 Å². The van der Waals surface area contributed by atoms with Crippen LogP contribution in [0.5, 0.6) is 0 Å². The van der Waals surface area contributed by atoms with Gasteiger partial charge in [-0.1, -0.05) is 48.7 Å². The Bertz CT molecular complexity index is 383. The molecule has 0 atom stereocenters. The maximum Gasteiger partial charge on any atom is 0.0653 e. The van der Waals surface area contributed by atoms with Gasteiger partial charge in [0.15, 0.2) is 0 Å². The lowest BCUT2D eigenvalue weighted by molar-refractivity contribution is 0.132. The van der Waals surface area contributed by atoms with Crippen molar-refractivity contribution < 1.29 is 4.74 Å². The van der Waals surface area contributed by atoms with Gasteiger partial charge in [-0.05, 0) is 24.5 Å². The Morgan fingerprint density at radius 1 is 1.06 bits per heavy atom. The molecule has 0 spiro atoms. The minimum Gasteiger partial charge on any atom is -0.381 e. The van der Waals surface area contributed by atoms with E-state index in [1.54, 1.807) is 12.1 Å². The first-order valence-corrected chi connectivity index (χ1v) is 7.10. The Labute approximate surface area is 124 Å². The van der Waals surface area contributed by atoms with E-state index in [-0.39, 0.29) is 0 Å². The van der Waals surface area contributed by atoms with Crippen molar-refractivity contribution >= 4 is 40.5 Å². The van der Waals surface area contributed by atoms with Crippen LogP contribution < -0.4 is 5.32 Å². The molecule has 0 unspecified atom stereocenters. The number of halogens is 3. The number of rotatable bonds is 7. The molecule has 0 aliphatic heterocycles. The van der Waals surface area contributed by atoms with Gasteiger partial charge in [0.05, 0.1) is 27.4 Å². The highest BCUT2D eigenvalue weighted by molar-refractivity contribution is 6.44. The van der Waals surface area contributed by atoms with Gasteiger partial charge in [0, 0.05) is 13.2 Å². The molecule has 0 amide bonds. The van der Waals surface area contributed by atoms with Crippen molar-refractivity contribution in [1.82, 2.24) is 0 Å². The zero-order valence-corrected chi connectivity index (χ0v) is 12.9. The summed E-state index contributed by atoms with van der Waals surface area (Å²) in [6.45, 7) is 6.47. The van der Waals surface area contributed by atoms with Crippen LogP contribution in [-0.4, -0.2) is 19.8 Å². The molecule has 1 N–H and O–H groups in total. The molecule has 0 aliphatic carbocycles. The van der Waals surface area contributed by atoms with Gasteiger partial charge in [0.25, 0.3) is 0 Å². The molecule has 1 aromatic carbocycles. The van der Waals surface area contributed by atoms with E-state index in [4.69, 9.17) is 39.5 Å². The smallest absolute Gasteiger partial charge is 0.0653 e. The normalized spacial score (nSPS) is 11.0. The highest BCUT2D eigenvalue weighted by Gasteiger charge is 2.05. The van der Waals surface area contributed by atoms with Gasteiger partial charge >= 0.3 is 0 Å². The van der Waals surface area contributed by atoms with Gasteiger partial charge in [0.2, 0.25) is 0 Å². The molecule has 18 heavy (non-hydrogen) atoms. The first-order chi connectivity index (χ1) is 8.50. The lowest BCUT2D eigenvalue weighted by Crippen LogP contribution is -2.11. The Hall–Kier alpha value is -0.150. The highest BCUT2D eigenvalue weighted by atomic mass is 35.5. The first-order valence-electron chi connectivity index (χ1n) is 5.97. The van der Waals surface area contributed by atoms with E-state index in [1.807, 2.05) is 0 Å². The maximum atomic E-state index is 6.04. The minimum atomic E-state index is 0.459.